The van der Waals surface area contributed by atoms with E-state index in [1.807, 2.05) is 18.2 Å². The molecule has 3 aliphatic rings. The Kier molecular flexibility index (Phi) is 3.21. The van der Waals surface area contributed by atoms with Gasteiger partial charge in [0.15, 0.2) is 11.5 Å². The van der Waals surface area contributed by atoms with Gasteiger partial charge in [-0.15, -0.1) is 0 Å². The number of nitrogens with zero attached hydrogens (tertiary/aromatic N) is 1. The Bertz CT molecular complexity index is 675. The lowest BCUT2D eigenvalue weighted by molar-refractivity contribution is -0.134. The number of urea groups is 1. The molecule has 4 rings (SSSR count). The van der Waals surface area contributed by atoms with Gasteiger partial charge in [0.25, 0.3) is 5.91 Å². The number of carbonyl (C=O) groups excluding carboxylic acids is 2. The van der Waals surface area contributed by atoms with Crippen LogP contribution in [-0.4, -0.2) is 29.2 Å². The number of fused-ring (bicyclic) bond motifs is 1. The summed E-state index contributed by atoms with van der Waals surface area (Å²) in [6.45, 7) is 2.53. The van der Waals surface area contributed by atoms with E-state index in [0.717, 1.165) is 31.2 Å². The summed E-state index contributed by atoms with van der Waals surface area (Å²) in [6.07, 6.45) is 3.81. The average molecular weight is 316 g/mol. The van der Waals surface area contributed by atoms with Crippen molar-refractivity contribution in [3.8, 4) is 11.5 Å². The van der Waals surface area contributed by atoms with Crippen LogP contribution in [0.4, 0.5) is 4.79 Å². The van der Waals surface area contributed by atoms with E-state index in [1.54, 1.807) is 0 Å². The summed E-state index contributed by atoms with van der Waals surface area (Å²) < 4.78 is 10.6. The molecule has 1 spiro atoms. The fraction of sp³-hybridized carbons (Fsp3) is 0.529. The zero-order valence-corrected chi connectivity index (χ0v) is 13.1. The van der Waals surface area contributed by atoms with Gasteiger partial charge in [-0.1, -0.05) is 25.8 Å². The molecule has 2 unspecified atom stereocenters. The van der Waals surface area contributed by atoms with Crippen LogP contribution in [0.3, 0.4) is 0 Å². The van der Waals surface area contributed by atoms with Crippen molar-refractivity contribution in [3.05, 3.63) is 23.8 Å². The number of hydrogen-bond acceptors (Lipinski definition) is 4. The smallest absolute Gasteiger partial charge is 0.325 e. The first-order chi connectivity index (χ1) is 11.1. The van der Waals surface area contributed by atoms with Crippen LogP contribution in [0.15, 0.2) is 18.2 Å². The highest BCUT2D eigenvalue weighted by Crippen LogP contribution is 2.39. The van der Waals surface area contributed by atoms with Crippen molar-refractivity contribution >= 4 is 11.9 Å². The maximum atomic E-state index is 12.9. The van der Waals surface area contributed by atoms with Crippen LogP contribution in [0.25, 0.3) is 0 Å². The highest BCUT2D eigenvalue weighted by Gasteiger charge is 2.54. The molecule has 2 heterocycles. The summed E-state index contributed by atoms with van der Waals surface area (Å²) in [4.78, 5) is 26.6. The molecule has 0 bridgehead atoms. The molecule has 2 atom stereocenters. The first kappa shape index (κ1) is 14.4. The highest BCUT2D eigenvalue weighted by atomic mass is 16.7. The molecule has 1 saturated heterocycles. The Labute approximate surface area is 134 Å². The van der Waals surface area contributed by atoms with Crippen molar-refractivity contribution in [1.29, 1.82) is 0 Å². The minimum Gasteiger partial charge on any atom is -0.454 e. The minimum absolute atomic E-state index is 0.0904. The zero-order valence-electron chi connectivity index (χ0n) is 13.1. The summed E-state index contributed by atoms with van der Waals surface area (Å²) in [5, 5.41) is 2.97. The van der Waals surface area contributed by atoms with Gasteiger partial charge >= 0.3 is 6.03 Å². The molecule has 2 fully saturated rings. The maximum absolute atomic E-state index is 12.9. The van der Waals surface area contributed by atoms with Gasteiger partial charge in [0, 0.05) is 0 Å². The van der Waals surface area contributed by atoms with E-state index in [9.17, 15) is 9.59 Å². The van der Waals surface area contributed by atoms with Crippen LogP contribution in [0.5, 0.6) is 11.5 Å². The number of imide groups is 1. The predicted molar refractivity (Wildman–Crippen MR) is 82.0 cm³/mol. The lowest BCUT2D eigenvalue weighted by Crippen LogP contribution is -2.53. The van der Waals surface area contributed by atoms with Crippen LogP contribution in [0, 0.1) is 5.92 Å². The van der Waals surface area contributed by atoms with Crippen LogP contribution in [0.1, 0.15) is 38.2 Å². The summed E-state index contributed by atoms with van der Waals surface area (Å²) in [7, 11) is 0. The first-order valence-electron chi connectivity index (χ1n) is 8.13. The van der Waals surface area contributed by atoms with Gasteiger partial charge in [0.05, 0.1) is 6.54 Å². The number of amides is 3. The molecule has 2 aliphatic heterocycles. The standard InChI is InChI=1S/C17H20N2O4/c1-11-4-2-3-7-17(11)15(20)19(16(21)18-17)9-12-5-6-13-14(8-12)23-10-22-13/h5-6,8,11H,2-4,7,9-10H2,1H3,(H,18,21). The number of rotatable bonds is 2. The fourth-order valence-corrected chi connectivity index (χ4v) is 3.86. The minimum atomic E-state index is -0.703. The van der Waals surface area contributed by atoms with Crippen molar-refractivity contribution in [2.75, 3.05) is 6.79 Å². The van der Waals surface area contributed by atoms with Crippen LogP contribution < -0.4 is 14.8 Å². The molecule has 1 aromatic carbocycles. The van der Waals surface area contributed by atoms with Gasteiger partial charge in [0.2, 0.25) is 6.79 Å². The number of hydrogen-bond donors (Lipinski definition) is 1. The average Bonchev–Trinajstić information content (AvgIpc) is 3.09. The number of ether oxygens (including phenoxy) is 2. The Morgan fingerprint density at radius 3 is 2.91 bits per heavy atom. The van der Waals surface area contributed by atoms with Gasteiger partial charge in [-0.2, -0.15) is 0 Å². The van der Waals surface area contributed by atoms with Gasteiger partial charge in [-0.05, 0) is 36.5 Å². The fourth-order valence-electron chi connectivity index (χ4n) is 3.86. The molecule has 0 aromatic heterocycles. The number of nitrogens with one attached hydrogen (secondary N) is 1. The first-order valence-corrected chi connectivity index (χ1v) is 8.13. The zero-order chi connectivity index (χ0) is 16.0. The summed E-state index contributed by atoms with van der Waals surface area (Å²) in [5.41, 5.74) is 0.157. The molecule has 23 heavy (non-hydrogen) atoms. The second-order valence-electron chi connectivity index (χ2n) is 6.63. The van der Waals surface area contributed by atoms with E-state index in [2.05, 4.69) is 12.2 Å². The largest absolute Gasteiger partial charge is 0.454 e. The number of carbonyl (C=O) groups is 2. The maximum Gasteiger partial charge on any atom is 0.325 e. The molecule has 1 aromatic rings. The SMILES string of the molecule is CC1CCCCC12NC(=O)N(Cc1ccc3c(c1)OCO3)C2=O. The topological polar surface area (TPSA) is 67.9 Å². The Morgan fingerprint density at radius 1 is 1.26 bits per heavy atom. The van der Waals surface area contributed by atoms with Crippen molar-refractivity contribution in [2.24, 2.45) is 5.92 Å². The lowest BCUT2D eigenvalue weighted by Gasteiger charge is -2.36. The van der Waals surface area contributed by atoms with Crippen molar-refractivity contribution in [2.45, 2.75) is 44.7 Å². The Morgan fingerprint density at radius 2 is 2.09 bits per heavy atom. The lowest BCUT2D eigenvalue weighted by atomic mass is 9.73. The van der Waals surface area contributed by atoms with E-state index >= 15 is 0 Å². The second-order valence-corrected chi connectivity index (χ2v) is 6.63. The van der Waals surface area contributed by atoms with Crippen molar-refractivity contribution in [1.82, 2.24) is 10.2 Å². The molecule has 1 saturated carbocycles. The summed E-state index contributed by atoms with van der Waals surface area (Å²) in [5.74, 6) is 1.44. The molecule has 1 N–H and O–H groups in total. The monoisotopic (exact) mass is 316 g/mol. The molecule has 122 valence electrons. The Balaban J connectivity index is 1.57. The Hall–Kier alpha value is -2.24. The predicted octanol–water partition coefficient (Wildman–Crippen LogP) is 2.42. The van der Waals surface area contributed by atoms with Crippen LogP contribution in [-0.2, 0) is 11.3 Å². The van der Waals surface area contributed by atoms with Gasteiger partial charge in [0.1, 0.15) is 5.54 Å². The van der Waals surface area contributed by atoms with Crippen LogP contribution in [0.2, 0.25) is 0 Å². The quantitative estimate of drug-likeness (QED) is 0.851. The van der Waals surface area contributed by atoms with E-state index in [1.165, 1.54) is 4.90 Å². The number of benzene rings is 1. The van der Waals surface area contributed by atoms with E-state index in [4.69, 9.17) is 9.47 Å². The third kappa shape index (κ3) is 2.16. The van der Waals surface area contributed by atoms with E-state index in [-0.39, 0.29) is 31.2 Å². The molecule has 1 aliphatic carbocycles. The molecule has 3 amide bonds. The van der Waals surface area contributed by atoms with Crippen LogP contribution >= 0.6 is 0 Å². The van der Waals surface area contributed by atoms with Crippen molar-refractivity contribution < 1.29 is 19.1 Å². The third-order valence-electron chi connectivity index (χ3n) is 5.28. The summed E-state index contributed by atoms with van der Waals surface area (Å²) in [6, 6.07) is 5.22. The third-order valence-corrected chi connectivity index (χ3v) is 5.28. The van der Waals surface area contributed by atoms with E-state index in [0.29, 0.717) is 11.5 Å². The molecular formula is C17H20N2O4. The molecule has 6 nitrogen and oxygen atoms in total. The summed E-state index contributed by atoms with van der Waals surface area (Å²) >= 11 is 0. The molecule has 0 radical (unpaired) electrons. The molecule has 6 heteroatoms. The normalized spacial score (nSPS) is 29.3. The highest BCUT2D eigenvalue weighted by molar-refractivity contribution is 6.07. The van der Waals surface area contributed by atoms with Crippen molar-refractivity contribution in [3.63, 3.8) is 0 Å². The van der Waals surface area contributed by atoms with Gasteiger partial charge in [-0.25, -0.2) is 4.79 Å². The van der Waals surface area contributed by atoms with Gasteiger partial charge < -0.3 is 14.8 Å². The van der Waals surface area contributed by atoms with Gasteiger partial charge in [-0.3, -0.25) is 9.69 Å². The second kappa shape index (κ2) is 5.15. The molecular weight excluding hydrogens is 296 g/mol. The van der Waals surface area contributed by atoms with E-state index < -0.39 is 5.54 Å².